The number of nitrogens with one attached hydrogen (secondary N) is 1. The van der Waals surface area contributed by atoms with Crippen LogP contribution in [0.5, 0.6) is 0 Å². The molecule has 1 saturated heterocycles. The quantitative estimate of drug-likeness (QED) is 0.279. The number of carbonyl (C=O) groups is 2. The number of nitrogens with zero attached hydrogens (tertiary/aromatic N) is 2. The number of aliphatic hydroxyl groups is 1. The molecule has 1 amide bonds. The number of aromatic nitrogens is 1. The lowest BCUT2D eigenvalue weighted by atomic mass is 9.85. The fourth-order valence-corrected chi connectivity index (χ4v) is 6.58. The average Bonchev–Trinajstić information content (AvgIpc) is 3.46. The van der Waals surface area contributed by atoms with Gasteiger partial charge in [0.1, 0.15) is 5.82 Å². The predicted molar refractivity (Wildman–Crippen MR) is 157 cm³/mol. The number of hydrogen-bond donors (Lipinski definition) is 2. The molecule has 5 rings (SSSR count). The molecule has 2 aromatic heterocycles. The highest BCUT2D eigenvalue weighted by Gasteiger charge is 2.28. The highest BCUT2D eigenvalue weighted by molar-refractivity contribution is 7.21. The second-order valence-electron chi connectivity index (χ2n) is 11.4. The Kier molecular flexibility index (Phi) is 7.57. The molecule has 2 N–H and O–H groups in total. The molecule has 39 heavy (non-hydrogen) atoms. The Hall–Kier alpha value is -3.17. The van der Waals surface area contributed by atoms with E-state index in [-0.39, 0.29) is 17.8 Å². The lowest BCUT2D eigenvalue weighted by Crippen LogP contribution is -2.22. The van der Waals surface area contributed by atoms with E-state index in [1.54, 1.807) is 7.11 Å². The van der Waals surface area contributed by atoms with Crippen LogP contribution in [0.4, 0.5) is 5.82 Å². The van der Waals surface area contributed by atoms with Gasteiger partial charge in [0.15, 0.2) is 5.78 Å². The van der Waals surface area contributed by atoms with Crippen molar-refractivity contribution in [2.75, 3.05) is 25.5 Å². The standard InChI is InChI=1S/C31H35N3O4S/c1-18-26-19(17-38-5)10-11-23(29(36)31(2,3)4)28(26)39-27(18)30(37)33-25-14-20(15-34-13-12-21(35)16-34)22-8-6-7-9-24(22)32-25/h6-11,14,21,35H,12-13,15-17H2,1-5H3,(H,32,33,37)/t21-/m1/s1. The maximum Gasteiger partial charge on any atom is 0.267 e. The van der Waals surface area contributed by atoms with Crippen molar-refractivity contribution >= 4 is 49.8 Å². The minimum Gasteiger partial charge on any atom is -0.392 e. The van der Waals surface area contributed by atoms with E-state index >= 15 is 0 Å². The van der Waals surface area contributed by atoms with Crippen molar-refractivity contribution in [2.24, 2.45) is 5.41 Å². The van der Waals surface area contributed by atoms with Crippen molar-refractivity contribution in [3.05, 3.63) is 69.6 Å². The molecule has 1 atom stereocenters. The summed E-state index contributed by atoms with van der Waals surface area (Å²) >= 11 is 1.34. The Morgan fingerprint density at radius 3 is 2.64 bits per heavy atom. The summed E-state index contributed by atoms with van der Waals surface area (Å²) in [6.07, 6.45) is 0.467. The van der Waals surface area contributed by atoms with E-state index in [0.717, 1.165) is 50.6 Å². The van der Waals surface area contributed by atoms with E-state index in [1.165, 1.54) is 11.3 Å². The Morgan fingerprint density at radius 2 is 1.95 bits per heavy atom. The molecular formula is C31H35N3O4S. The minimum atomic E-state index is -0.549. The van der Waals surface area contributed by atoms with Gasteiger partial charge in [0.05, 0.1) is 23.1 Å². The maximum absolute atomic E-state index is 13.7. The van der Waals surface area contributed by atoms with Gasteiger partial charge in [-0.05, 0) is 48.2 Å². The second-order valence-corrected chi connectivity index (χ2v) is 12.4. The van der Waals surface area contributed by atoms with Gasteiger partial charge in [0.2, 0.25) is 0 Å². The summed E-state index contributed by atoms with van der Waals surface area (Å²) in [7, 11) is 1.64. The molecule has 0 saturated carbocycles. The fraction of sp³-hybridized carbons (Fsp3) is 0.387. The van der Waals surface area contributed by atoms with Crippen molar-refractivity contribution in [1.82, 2.24) is 9.88 Å². The van der Waals surface area contributed by atoms with Crippen molar-refractivity contribution in [1.29, 1.82) is 0 Å². The Morgan fingerprint density at radius 1 is 1.18 bits per heavy atom. The summed E-state index contributed by atoms with van der Waals surface area (Å²) in [5.74, 6) is 0.266. The number of β-amino-alcohol motifs (C(OH)–C–C–N with tert-alkyl or cyclic N) is 1. The number of thiophene rings is 1. The van der Waals surface area contributed by atoms with Crippen LogP contribution in [-0.4, -0.2) is 53.0 Å². The largest absolute Gasteiger partial charge is 0.392 e. The van der Waals surface area contributed by atoms with Gasteiger partial charge < -0.3 is 15.2 Å². The molecule has 0 spiro atoms. The number of pyridine rings is 1. The number of methoxy groups -OCH3 is 1. The van der Waals surface area contributed by atoms with Crippen LogP contribution in [0, 0.1) is 12.3 Å². The van der Waals surface area contributed by atoms with E-state index in [1.807, 2.05) is 70.2 Å². The summed E-state index contributed by atoms with van der Waals surface area (Å²) in [6, 6.07) is 13.6. The summed E-state index contributed by atoms with van der Waals surface area (Å²) in [5, 5.41) is 15.0. The number of aryl methyl sites for hydroxylation is 1. The zero-order valence-electron chi connectivity index (χ0n) is 23.1. The Labute approximate surface area is 232 Å². The number of amides is 1. The van der Waals surface area contributed by atoms with Gasteiger partial charge in [-0.3, -0.25) is 14.5 Å². The van der Waals surface area contributed by atoms with E-state index < -0.39 is 5.41 Å². The number of benzene rings is 2. The molecule has 3 heterocycles. The number of rotatable bonds is 7. The van der Waals surface area contributed by atoms with Gasteiger partial charge in [-0.25, -0.2) is 4.98 Å². The first-order valence-corrected chi connectivity index (χ1v) is 14.1. The molecule has 0 unspecified atom stereocenters. The minimum absolute atomic E-state index is 0.0394. The van der Waals surface area contributed by atoms with Gasteiger partial charge in [0.25, 0.3) is 5.91 Å². The normalized spacial score (nSPS) is 16.3. The first-order chi connectivity index (χ1) is 18.6. The topological polar surface area (TPSA) is 91.8 Å². The third kappa shape index (κ3) is 5.47. The van der Waals surface area contributed by atoms with Crippen molar-refractivity contribution in [3.63, 3.8) is 0 Å². The van der Waals surface area contributed by atoms with Crippen LogP contribution in [0.3, 0.4) is 0 Å². The Bertz CT molecular complexity index is 1570. The van der Waals surface area contributed by atoms with Crippen molar-refractivity contribution in [2.45, 2.75) is 53.4 Å². The van der Waals surface area contributed by atoms with Crippen LogP contribution in [0.25, 0.3) is 21.0 Å². The Balaban J connectivity index is 1.53. The van der Waals surface area contributed by atoms with E-state index in [2.05, 4.69) is 10.2 Å². The number of fused-ring (bicyclic) bond motifs is 2. The number of hydrogen-bond acceptors (Lipinski definition) is 7. The first-order valence-electron chi connectivity index (χ1n) is 13.3. The second kappa shape index (κ2) is 10.8. The summed E-state index contributed by atoms with van der Waals surface area (Å²) in [4.78, 5) is 34.5. The molecule has 0 aliphatic carbocycles. The summed E-state index contributed by atoms with van der Waals surface area (Å²) in [6.45, 7) is 10.2. The van der Waals surface area contributed by atoms with Crippen LogP contribution in [0.2, 0.25) is 0 Å². The van der Waals surface area contributed by atoms with E-state index in [9.17, 15) is 14.7 Å². The monoisotopic (exact) mass is 545 g/mol. The van der Waals surface area contributed by atoms with Gasteiger partial charge in [-0.15, -0.1) is 11.3 Å². The fourth-order valence-electron chi connectivity index (χ4n) is 5.32. The molecule has 204 valence electrons. The summed E-state index contributed by atoms with van der Waals surface area (Å²) < 4.78 is 6.24. The third-order valence-electron chi connectivity index (χ3n) is 7.28. The average molecular weight is 546 g/mol. The molecule has 4 aromatic rings. The highest BCUT2D eigenvalue weighted by atomic mass is 32.1. The van der Waals surface area contributed by atoms with Crippen LogP contribution in [0.1, 0.15) is 63.9 Å². The number of para-hydroxylation sites is 1. The smallest absolute Gasteiger partial charge is 0.267 e. The molecule has 1 aliphatic rings. The zero-order valence-corrected chi connectivity index (χ0v) is 23.9. The third-order valence-corrected chi connectivity index (χ3v) is 8.60. The number of anilines is 1. The molecule has 8 heteroatoms. The van der Waals surface area contributed by atoms with Crippen molar-refractivity contribution < 1.29 is 19.4 Å². The van der Waals surface area contributed by atoms with Crippen LogP contribution in [-0.2, 0) is 17.9 Å². The van der Waals surface area contributed by atoms with Gasteiger partial charge in [-0.2, -0.15) is 0 Å². The number of ketones is 1. The number of likely N-dealkylation sites (tertiary alicyclic amines) is 1. The molecule has 0 bridgehead atoms. The number of Topliss-reactive ketones (excluding diaryl/α,β-unsaturated/α-hetero) is 1. The molecule has 7 nitrogen and oxygen atoms in total. The number of carbonyl (C=O) groups excluding carboxylic acids is 2. The summed E-state index contributed by atoms with van der Waals surface area (Å²) in [5.41, 5.74) is 3.72. The SMILES string of the molecule is COCc1ccc(C(=O)C(C)(C)C)c2sc(C(=O)Nc3cc(CN4CC[C@@H](O)C4)c4ccccc4n3)c(C)c12. The lowest BCUT2D eigenvalue weighted by Gasteiger charge is -2.17. The predicted octanol–water partition coefficient (Wildman–Crippen LogP) is 5.95. The van der Waals surface area contributed by atoms with Gasteiger partial charge in [0, 0.05) is 53.2 Å². The van der Waals surface area contributed by atoms with Crippen LogP contribution >= 0.6 is 11.3 Å². The zero-order chi connectivity index (χ0) is 27.9. The first kappa shape index (κ1) is 27.4. The van der Waals surface area contributed by atoms with Crippen LogP contribution < -0.4 is 5.32 Å². The molecule has 1 fully saturated rings. The molecule has 2 aromatic carbocycles. The lowest BCUT2D eigenvalue weighted by molar-refractivity contribution is 0.0860. The number of aliphatic hydroxyl groups excluding tert-OH is 1. The van der Waals surface area contributed by atoms with Crippen molar-refractivity contribution in [3.8, 4) is 0 Å². The van der Waals surface area contributed by atoms with Gasteiger partial charge >= 0.3 is 0 Å². The van der Waals surface area contributed by atoms with E-state index in [4.69, 9.17) is 9.72 Å². The maximum atomic E-state index is 13.7. The van der Waals surface area contributed by atoms with E-state index in [0.29, 0.717) is 36.0 Å². The molecule has 1 aliphatic heterocycles. The highest BCUT2D eigenvalue weighted by Crippen LogP contribution is 2.39. The van der Waals surface area contributed by atoms with Crippen LogP contribution in [0.15, 0.2) is 42.5 Å². The molecular weight excluding hydrogens is 510 g/mol. The number of ether oxygens (including phenoxy) is 1. The van der Waals surface area contributed by atoms with Gasteiger partial charge in [-0.1, -0.05) is 45.0 Å². The molecule has 0 radical (unpaired) electrons.